The van der Waals surface area contributed by atoms with Crippen molar-refractivity contribution in [1.29, 1.82) is 0 Å². The van der Waals surface area contributed by atoms with Crippen LogP contribution in [0.1, 0.15) is 26.3 Å². The van der Waals surface area contributed by atoms with Gasteiger partial charge < -0.3 is 0 Å². The van der Waals surface area contributed by atoms with Crippen LogP contribution in [0.2, 0.25) is 0 Å². The van der Waals surface area contributed by atoms with Crippen LogP contribution in [0, 0.1) is 0 Å². The third-order valence-electron chi connectivity index (χ3n) is 4.06. The predicted molar refractivity (Wildman–Crippen MR) is 96.0 cm³/mol. The number of hydrogen-bond donors (Lipinski definition) is 0. The van der Waals surface area contributed by atoms with Crippen LogP contribution in [0.4, 0.5) is 0 Å². The van der Waals surface area contributed by atoms with Crippen LogP contribution in [-0.4, -0.2) is 0 Å². The van der Waals surface area contributed by atoms with Crippen molar-refractivity contribution in [3.05, 3.63) is 84.4 Å². The van der Waals surface area contributed by atoms with E-state index in [1.54, 1.807) is 0 Å². The highest BCUT2D eigenvalue weighted by Gasteiger charge is 2.16. The normalized spacial score (nSPS) is 11.4. The first-order valence-electron chi connectivity index (χ1n) is 7.81. The Morgan fingerprint density at radius 1 is 0.545 bits per heavy atom. The van der Waals surface area contributed by atoms with Crippen molar-refractivity contribution in [1.82, 2.24) is 0 Å². The van der Waals surface area contributed by atoms with E-state index >= 15 is 0 Å². The zero-order chi connectivity index (χ0) is 15.6. The fourth-order valence-electron chi connectivity index (χ4n) is 2.74. The van der Waals surface area contributed by atoms with E-state index in [-0.39, 0.29) is 5.41 Å². The first-order chi connectivity index (χ1) is 10.6. The van der Waals surface area contributed by atoms with E-state index in [4.69, 9.17) is 0 Å². The van der Waals surface area contributed by atoms with Crippen LogP contribution in [-0.2, 0) is 5.41 Å². The second-order valence-electron chi connectivity index (χ2n) is 6.74. The minimum absolute atomic E-state index is 0.152. The first kappa shape index (κ1) is 14.6. The Bertz CT molecular complexity index is 747. The summed E-state index contributed by atoms with van der Waals surface area (Å²) in [6.07, 6.45) is 0. The monoisotopic (exact) mass is 286 g/mol. The lowest BCUT2D eigenvalue weighted by Crippen LogP contribution is -2.11. The molecule has 0 saturated carbocycles. The summed E-state index contributed by atoms with van der Waals surface area (Å²) < 4.78 is 0. The van der Waals surface area contributed by atoms with E-state index in [2.05, 4.69) is 99.6 Å². The van der Waals surface area contributed by atoms with Gasteiger partial charge in [-0.1, -0.05) is 99.6 Å². The van der Waals surface area contributed by atoms with Gasteiger partial charge in [-0.05, 0) is 33.2 Å². The molecule has 0 N–H and O–H groups in total. The highest BCUT2D eigenvalue weighted by atomic mass is 14.2. The maximum Gasteiger partial charge on any atom is -0.0102 e. The van der Waals surface area contributed by atoms with Gasteiger partial charge in [0.25, 0.3) is 0 Å². The molecule has 0 heterocycles. The summed E-state index contributed by atoms with van der Waals surface area (Å²) in [5.74, 6) is 0. The molecule has 0 atom stereocenters. The molecule has 0 saturated heterocycles. The van der Waals surface area contributed by atoms with Gasteiger partial charge in [0.1, 0.15) is 0 Å². The Hall–Kier alpha value is -2.34. The van der Waals surface area contributed by atoms with Gasteiger partial charge in [0.05, 0.1) is 0 Å². The summed E-state index contributed by atoms with van der Waals surface area (Å²) in [5.41, 5.74) is 6.65. The molecule has 3 rings (SSSR count). The number of benzene rings is 3. The Morgan fingerprint density at radius 3 is 1.55 bits per heavy atom. The summed E-state index contributed by atoms with van der Waals surface area (Å²) in [6, 6.07) is 28.1. The van der Waals surface area contributed by atoms with Crippen LogP contribution in [0.15, 0.2) is 78.9 Å². The number of rotatable bonds is 2. The second-order valence-corrected chi connectivity index (χ2v) is 6.74. The third kappa shape index (κ3) is 2.96. The Morgan fingerprint density at radius 2 is 1.05 bits per heavy atom. The third-order valence-corrected chi connectivity index (χ3v) is 4.06. The average molecular weight is 286 g/mol. The molecule has 0 aliphatic heterocycles. The zero-order valence-corrected chi connectivity index (χ0v) is 13.5. The molecule has 0 heteroatoms. The molecule has 0 spiro atoms. The molecule has 0 radical (unpaired) electrons. The smallest absolute Gasteiger partial charge is 0.0102 e. The van der Waals surface area contributed by atoms with Gasteiger partial charge in [0.2, 0.25) is 0 Å². The van der Waals surface area contributed by atoms with Gasteiger partial charge in [-0.15, -0.1) is 0 Å². The van der Waals surface area contributed by atoms with Gasteiger partial charge in [-0.25, -0.2) is 0 Å². The van der Waals surface area contributed by atoms with Crippen molar-refractivity contribution in [3.8, 4) is 22.3 Å². The molecule has 0 unspecified atom stereocenters. The minimum Gasteiger partial charge on any atom is -0.0622 e. The highest BCUT2D eigenvalue weighted by molar-refractivity contribution is 5.84. The summed E-state index contributed by atoms with van der Waals surface area (Å²) in [6.45, 7) is 6.79. The van der Waals surface area contributed by atoms with E-state index in [9.17, 15) is 0 Å². The summed E-state index contributed by atoms with van der Waals surface area (Å²) >= 11 is 0. The molecule has 3 aromatic rings. The quantitative estimate of drug-likeness (QED) is 0.517. The van der Waals surface area contributed by atoms with Crippen LogP contribution in [0.5, 0.6) is 0 Å². The van der Waals surface area contributed by atoms with Gasteiger partial charge >= 0.3 is 0 Å². The van der Waals surface area contributed by atoms with Gasteiger partial charge in [0.15, 0.2) is 0 Å². The van der Waals surface area contributed by atoms with Crippen LogP contribution < -0.4 is 0 Å². The molecule has 0 bridgehead atoms. The zero-order valence-electron chi connectivity index (χ0n) is 13.5. The summed E-state index contributed by atoms with van der Waals surface area (Å²) in [5, 5.41) is 0. The lowest BCUT2D eigenvalue weighted by atomic mass is 9.83. The second kappa shape index (κ2) is 5.81. The molecule has 0 fully saturated rings. The SMILES string of the molecule is CC(C)(C)c1ccc(-c2ccccc2)c(-c2ccccc2)c1. The standard InChI is InChI=1S/C22H22/c1-22(2,3)19-14-15-20(17-10-6-4-7-11-17)21(16-19)18-12-8-5-9-13-18/h4-16H,1-3H3. The molecule has 0 aliphatic rings. The fourth-order valence-corrected chi connectivity index (χ4v) is 2.74. The van der Waals surface area contributed by atoms with E-state index in [1.807, 2.05) is 0 Å². The molecule has 110 valence electrons. The van der Waals surface area contributed by atoms with Crippen LogP contribution in [0.25, 0.3) is 22.3 Å². The van der Waals surface area contributed by atoms with Crippen molar-refractivity contribution < 1.29 is 0 Å². The van der Waals surface area contributed by atoms with Crippen LogP contribution in [0.3, 0.4) is 0 Å². The van der Waals surface area contributed by atoms with E-state index < -0.39 is 0 Å². The molecule has 22 heavy (non-hydrogen) atoms. The average Bonchev–Trinajstić information content (AvgIpc) is 2.55. The van der Waals surface area contributed by atoms with E-state index in [0.29, 0.717) is 0 Å². The van der Waals surface area contributed by atoms with Crippen molar-refractivity contribution in [2.75, 3.05) is 0 Å². The largest absolute Gasteiger partial charge is 0.0622 e. The molecule has 0 nitrogen and oxygen atoms in total. The summed E-state index contributed by atoms with van der Waals surface area (Å²) in [4.78, 5) is 0. The molecule has 3 aromatic carbocycles. The fraction of sp³-hybridized carbons (Fsp3) is 0.182. The lowest BCUT2D eigenvalue weighted by Gasteiger charge is -2.22. The van der Waals surface area contributed by atoms with E-state index in [1.165, 1.54) is 27.8 Å². The first-order valence-corrected chi connectivity index (χ1v) is 7.81. The molecule has 0 aliphatic carbocycles. The molecule has 0 aromatic heterocycles. The Labute approximate surface area is 133 Å². The van der Waals surface area contributed by atoms with Crippen molar-refractivity contribution >= 4 is 0 Å². The molecular formula is C22H22. The topological polar surface area (TPSA) is 0 Å². The Kier molecular flexibility index (Phi) is 3.85. The van der Waals surface area contributed by atoms with Gasteiger partial charge in [-0.2, -0.15) is 0 Å². The number of hydrogen-bond acceptors (Lipinski definition) is 0. The van der Waals surface area contributed by atoms with Crippen molar-refractivity contribution in [2.24, 2.45) is 0 Å². The minimum atomic E-state index is 0.152. The lowest BCUT2D eigenvalue weighted by molar-refractivity contribution is 0.590. The predicted octanol–water partition coefficient (Wildman–Crippen LogP) is 6.32. The van der Waals surface area contributed by atoms with E-state index in [0.717, 1.165) is 0 Å². The summed E-state index contributed by atoms with van der Waals surface area (Å²) in [7, 11) is 0. The van der Waals surface area contributed by atoms with Gasteiger partial charge in [-0.3, -0.25) is 0 Å². The maximum absolute atomic E-state index is 2.34. The molecule has 0 amide bonds. The highest BCUT2D eigenvalue weighted by Crippen LogP contribution is 2.35. The maximum atomic E-state index is 2.34. The molecular weight excluding hydrogens is 264 g/mol. The van der Waals surface area contributed by atoms with Crippen molar-refractivity contribution in [3.63, 3.8) is 0 Å². The van der Waals surface area contributed by atoms with Crippen LogP contribution >= 0.6 is 0 Å². The van der Waals surface area contributed by atoms with Gasteiger partial charge in [0, 0.05) is 0 Å². The van der Waals surface area contributed by atoms with Crippen molar-refractivity contribution in [2.45, 2.75) is 26.2 Å². The Balaban J connectivity index is 2.23.